The fourth-order valence-corrected chi connectivity index (χ4v) is 5.15. The molecule has 1 saturated heterocycles. The lowest BCUT2D eigenvalue weighted by Gasteiger charge is -2.31. The third-order valence-corrected chi connectivity index (χ3v) is 7.23. The van der Waals surface area contributed by atoms with Crippen molar-refractivity contribution in [2.75, 3.05) is 13.1 Å². The first-order valence-corrected chi connectivity index (χ1v) is 10.7. The fourth-order valence-electron chi connectivity index (χ4n) is 2.85. The number of nitrogens with one attached hydrogen (secondary N) is 1. The predicted octanol–water partition coefficient (Wildman–Crippen LogP) is 2.91. The van der Waals surface area contributed by atoms with E-state index >= 15 is 0 Å². The van der Waals surface area contributed by atoms with Crippen LogP contribution in [0.2, 0.25) is 5.02 Å². The smallest absolute Gasteiger partial charge is 0.243 e. The molecule has 2 aromatic rings. The first kappa shape index (κ1) is 18.4. The molecule has 1 aliphatic heterocycles. The summed E-state index contributed by atoms with van der Waals surface area (Å²) in [4.78, 5) is 13.3. The molecule has 0 saturated carbocycles. The maximum atomic E-state index is 12.6. The maximum Gasteiger partial charge on any atom is 0.243 e. The first-order chi connectivity index (χ1) is 11.9. The van der Waals surface area contributed by atoms with Crippen molar-refractivity contribution in [3.8, 4) is 0 Å². The SMILES string of the molecule is O=C(Cc1cccs1)NC1CCN(S(=O)(=O)c2ccc(Cl)cc2)CC1. The number of halogens is 1. The number of piperidine rings is 1. The minimum absolute atomic E-state index is 0.0125. The van der Waals surface area contributed by atoms with Gasteiger partial charge in [-0.15, -0.1) is 11.3 Å². The Labute approximate surface area is 156 Å². The molecule has 2 heterocycles. The van der Waals surface area contributed by atoms with Gasteiger partial charge in [-0.05, 0) is 48.6 Å². The zero-order valence-electron chi connectivity index (χ0n) is 13.5. The van der Waals surface area contributed by atoms with E-state index in [-0.39, 0.29) is 16.8 Å². The molecule has 1 fully saturated rings. The average molecular weight is 399 g/mol. The van der Waals surface area contributed by atoms with Crippen molar-refractivity contribution in [2.45, 2.75) is 30.2 Å². The Kier molecular flexibility index (Phi) is 5.78. The number of carbonyl (C=O) groups excluding carboxylic acids is 1. The molecule has 5 nitrogen and oxygen atoms in total. The molecule has 0 aliphatic carbocycles. The summed E-state index contributed by atoms with van der Waals surface area (Å²) in [5.74, 6) is -0.0125. The van der Waals surface area contributed by atoms with Gasteiger partial charge in [0.1, 0.15) is 0 Å². The number of carbonyl (C=O) groups is 1. The number of thiophene rings is 1. The molecular formula is C17H19ClN2O3S2. The molecule has 1 aliphatic rings. The number of hydrogen-bond acceptors (Lipinski definition) is 4. The Bertz CT molecular complexity index is 812. The number of amides is 1. The van der Waals surface area contributed by atoms with Crippen molar-refractivity contribution in [3.05, 3.63) is 51.7 Å². The topological polar surface area (TPSA) is 66.5 Å². The van der Waals surface area contributed by atoms with Crippen molar-refractivity contribution in [1.29, 1.82) is 0 Å². The van der Waals surface area contributed by atoms with E-state index in [0.717, 1.165) is 4.88 Å². The van der Waals surface area contributed by atoms with Gasteiger partial charge in [-0.2, -0.15) is 4.31 Å². The molecule has 134 valence electrons. The summed E-state index contributed by atoms with van der Waals surface area (Å²) in [6, 6.07) is 10.1. The molecule has 8 heteroatoms. The molecule has 0 atom stereocenters. The van der Waals surface area contributed by atoms with Gasteiger partial charge in [0, 0.05) is 29.0 Å². The van der Waals surface area contributed by atoms with Crippen LogP contribution < -0.4 is 5.32 Å². The zero-order chi connectivity index (χ0) is 17.9. The molecule has 1 N–H and O–H groups in total. The van der Waals surface area contributed by atoms with E-state index in [2.05, 4.69) is 5.32 Å². The highest BCUT2D eigenvalue weighted by atomic mass is 35.5. The minimum atomic E-state index is -3.51. The molecule has 1 aromatic heterocycles. The number of nitrogens with zero attached hydrogens (tertiary/aromatic N) is 1. The lowest BCUT2D eigenvalue weighted by atomic mass is 10.1. The molecule has 3 rings (SSSR count). The molecule has 0 bridgehead atoms. The number of sulfonamides is 1. The first-order valence-electron chi connectivity index (χ1n) is 8.02. The second kappa shape index (κ2) is 7.86. The van der Waals surface area contributed by atoms with Crippen molar-refractivity contribution in [1.82, 2.24) is 9.62 Å². The van der Waals surface area contributed by atoms with Crippen LogP contribution in [0.4, 0.5) is 0 Å². The van der Waals surface area contributed by atoms with Gasteiger partial charge in [-0.3, -0.25) is 4.79 Å². The molecule has 1 amide bonds. The number of hydrogen-bond donors (Lipinski definition) is 1. The van der Waals surface area contributed by atoms with E-state index in [1.807, 2.05) is 17.5 Å². The molecule has 0 spiro atoms. The summed E-state index contributed by atoms with van der Waals surface area (Å²) in [6.45, 7) is 0.795. The Balaban J connectivity index is 1.54. The van der Waals surface area contributed by atoms with Crippen molar-refractivity contribution in [3.63, 3.8) is 0 Å². The summed E-state index contributed by atoms with van der Waals surface area (Å²) >= 11 is 7.38. The third-order valence-electron chi connectivity index (χ3n) is 4.19. The van der Waals surface area contributed by atoms with Gasteiger partial charge in [-0.25, -0.2) is 8.42 Å². The molecule has 25 heavy (non-hydrogen) atoms. The van der Waals surface area contributed by atoms with Crippen LogP contribution >= 0.6 is 22.9 Å². The van der Waals surface area contributed by atoms with Crippen LogP contribution in [0.5, 0.6) is 0 Å². The number of rotatable bonds is 5. The van der Waals surface area contributed by atoms with E-state index in [0.29, 0.717) is 37.4 Å². The van der Waals surface area contributed by atoms with Crippen molar-refractivity contribution >= 4 is 38.9 Å². The van der Waals surface area contributed by atoms with Gasteiger partial charge in [0.25, 0.3) is 0 Å². The average Bonchev–Trinajstić information content (AvgIpc) is 3.08. The molecule has 1 aromatic carbocycles. The van der Waals surface area contributed by atoms with Crippen LogP contribution in [0.15, 0.2) is 46.7 Å². The second-order valence-electron chi connectivity index (χ2n) is 5.96. The second-order valence-corrected chi connectivity index (χ2v) is 9.36. The van der Waals surface area contributed by atoms with E-state index in [1.165, 1.54) is 16.4 Å². The standard InChI is InChI=1S/C17H19ClN2O3S2/c18-13-3-5-16(6-4-13)25(22,23)20-9-7-14(8-10-20)19-17(21)12-15-2-1-11-24-15/h1-6,11,14H,7-10,12H2,(H,19,21). The summed E-state index contributed by atoms with van der Waals surface area (Å²) in [7, 11) is -3.51. The van der Waals surface area contributed by atoms with E-state index in [1.54, 1.807) is 23.5 Å². The van der Waals surface area contributed by atoms with Crippen LogP contribution in [0.3, 0.4) is 0 Å². The minimum Gasteiger partial charge on any atom is -0.353 e. The Morgan fingerprint density at radius 1 is 1.20 bits per heavy atom. The van der Waals surface area contributed by atoms with Gasteiger partial charge in [0.05, 0.1) is 11.3 Å². The van der Waals surface area contributed by atoms with Gasteiger partial charge in [0.2, 0.25) is 15.9 Å². The van der Waals surface area contributed by atoms with E-state index in [9.17, 15) is 13.2 Å². The lowest BCUT2D eigenvalue weighted by molar-refractivity contribution is -0.121. The highest BCUT2D eigenvalue weighted by Crippen LogP contribution is 2.22. The summed E-state index contributed by atoms with van der Waals surface area (Å²) in [5.41, 5.74) is 0. The highest BCUT2D eigenvalue weighted by molar-refractivity contribution is 7.89. The van der Waals surface area contributed by atoms with Crippen LogP contribution in [0.1, 0.15) is 17.7 Å². The Hall–Kier alpha value is -1.41. The Morgan fingerprint density at radius 2 is 1.88 bits per heavy atom. The zero-order valence-corrected chi connectivity index (χ0v) is 15.9. The molecule has 0 radical (unpaired) electrons. The highest BCUT2D eigenvalue weighted by Gasteiger charge is 2.29. The summed E-state index contributed by atoms with van der Waals surface area (Å²) < 4.78 is 26.7. The van der Waals surface area contributed by atoms with E-state index < -0.39 is 10.0 Å². The van der Waals surface area contributed by atoms with Crippen molar-refractivity contribution in [2.24, 2.45) is 0 Å². The van der Waals surface area contributed by atoms with Crippen LogP contribution in [-0.2, 0) is 21.2 Å². The summed E-state index contributed by atoms with van der Waals surface area (Å²) in [6.07, 6.45) is 1.60. The Morgan fingerprint density at radius 3 is 2.48 bits per heavy atom. The quantitative estimate of drug-likeness (QED) is 0.842. The van der Waals surface area contributed by atoms with Crippen LogP contribution in [0, 0.1) is 0 Å². The van der Waals surface area contributed by atoms with Gasteiger partial charge in [0.15, 0.2) is 0 Å². The monoisotopic (exact) mass is 398 g/mol. The van der Waals surface area contributed by atoms with Crippen molar-refractivity contribution < 1.29 is 13.2 Å². The van der Waals surface area contributed by atoms with E-state index in [4.69, 9.17) is 11.6 Å². The van der Waals surface area contributed by atoms with Gasteiger partial charge >= 0.3 is 0 Å². The number of benzene rings is 1. The largest absolute Gasteiger partial charge is 0.353 e. The van der Waals surface area contributed by atoms with Crippen LogP contribution in [0.25, 0.3) is 0 Å². The fraction of sp³-hybridized carbons (Fsp3) is 0.353. The maximum absolute atomic E-state index is 12.6. The van der Waals surface area contributed by atoms with Gasteiger partial charge < -0.3 is 5.32 Å². The van der Waals surface area contributed by atoms with Gasteiger partial charge in [-0.1, -0.05) is 17.7 Å². The molecule has 0 unspecified atom stereocenters. The normalized spacial score (nSPS) is 16.7. The predicted molar refractivity (Wildman–Crippen MR) is 99.4 cm³/mol. The lowest BCUT2D eigenvalue weighted by Crippen LogP contribution is -2.46. The molecular weight excluding hydrogens is 380 g/mol. The summed E-state index contributed by atoms with van der Waals surface area (Å²) in [5, 5.41) is 5.46. The third kappa shape index (κ3) is 4.61. The van der Waals surface area contributed by atoms with Crippen LogP contribution in [-0.4, -0.2) is 37.8 Å².